The molecule has 1 atom stereocenters. The minimum absolute atomic E-state index is 0.330. The number of hydrogen-bond donors (Lipinski definition) is 2. The number of para-hydroxylation sites is 1. The first kappa shape index (κ1) is 16.9. The summed E-state index contributed by atoms with van der Waals surface area (Å²) in [5.41, 5.74) is 0. The first-order chi connectivity index (χ1) is 9.83. The van der Waals surface area contributed by atoms with E-state index in [-0.39, 0.29) is 0 Å². The van der Waals surface area contributed by atoms with Gasteiger partial charge in [0.2, 0.25) is 0 Å². The monoisotopic (exact) mass is 283 g/mol. The Bertz CT molecular complexity index is 321. The lowest BCUT2D eigenvalue weighted by Crippen LogP contribution is -2.31. The molecule has 0 spiro atoms. The number of ether oxygens (including phenoxy) is 3. The molecule has 20 heavy (non-hydrogen) atoms. The number of aliphatic hydroxyl groups is 1. The van der Waals surface area contributed by atoms with E-state index in [4.69, 9.17) is 14.2 Å². The van der Waals surface area contributed by atoms with Gasteiger partial charge in [-0.05, 0) is 25.1 Å². The van der Waals surface area contributed by atoms with Gasteiger partial charge in [-0.1, -0.05) is 18.2 Å². The van der Waals surface area contributed by atoms with Gasteiger partial charge in [0.25, 0.3) is 0 Å². The highest BCUT2D eigenvalue weighted by Gasteiger charge is 2.03. The summed E-state index contributed by atoms with van der Waals surface area (Å²) in [7, 11) is 1.62. The normalized spacial score (nSPS) is 12.3. The molecule has 1 aromatic rings. The zero-order valence-corrected chi connectivity index (χ0v) is 12.1. The van der Waals surface area contributed by atoms with E-state index in [1.165, 1.54) is 0 Å². The second-order valence-corrected chi connectivity index (χ2v) is 4.44. The molecule has 0 saturated carbocycles. The van der Waals surface area contributed by atoms with Gasteiger partial charge >= 0.3 is 0 Å². The minimum Gasteiger partial charge on any atom is -0.494 e. The molecule has 0 bridgehead atoms. The highest BCUT2D eigenvalue weighted by Crippen LogP contribution is 2.07. The van der Waals surface area contributed by atoms with Crippen LogP contribution in [0.25, 0.3) is 0 Å². The Hall–Kier alpha value is -1.14. The molecule has 114 valence electrons. The average molecular weight is 283 g/mol. The number of benzene rings is 1. The van der Waals surface area contributed by atoms with Crippen molar-refractivity contribution >= 4 is 0 Å². The van der Waals surface area contributed by atoms with Crippen molar-refractivity contribution in [2.75, 3.05) is 46.6 Å². The van der Waals surface area contributed by atoms with Gasteiger partial charge in [0.1, 0.15) is 5.75 Å². The van der Waals surface area contributed by atoms with Crippen LogP contribution in [0.2, 0.25) is 0 Å². The third kappa shape index (κ3) is 8.87. The van der Waals surface area contributed by atoms with Gasteiger partial charge in [-0.2, -0.15) is 0 Å². The molecule has 0 aliphatic carbocycles. The van der Waals surface area contributed by atoms with Crippen LogP contribution in [0.4, 0.5) is 0 Å². The molecule has 1 unspecified atom stereocenters. The maximum absolute atomic E-state index is 9.62. The molecule has 5 nitrogen and oxygen atoms in total. The fraction of sp³-hybridized carbons (Fsp3) is 0.600. The molecule has 0 amide bonds. The highest BCUT2D eigenvalue weighted by atomic mass is 16.5. The third-order valence-corrected chi connectivity index (χ3v) is 2.63. The van der Waals surface area contributed by atoms with Gasteiger partial charge in [-0.25, -0.2) is 0 Å². The largest absolute Gasteiger partial charge is 0.494 e. The SMILES string of the molecule is COCCOCC(O)CNCCCOc1ccccc1. The van der Waals surface area contributed by atoms with Crippen LogP contribution in [0.3, 0.4) is 0 Å². The van der Waals surface area contributed by atoms with Gasteiger partial charge < -0.3 is 24.6 Å². The number of hydrogen-bond acceptors (Lipinski definition) is 5. The lowest BCUT2D eigenvalue weighted by atomic mass is 10.3. The zero-order chi connectivity index (χ0) is 14.5. The van der Waals surface area contributed by atoms with Crippen molar-refractivity contribution in [3.63, 3.8) is 0 Å². The van der Waals surface area contributed by atoms with Crippen molar-refractivity contribution in [1.82, 2.24) is 5.32 Å². The van der Waals surface area contributed by atoms with Crippen LogP contribution in [-0.2, 0) is 9.47 Å². The van der Waals surface area contributed by atoms with Crippen LogP contribution in [0.15, 0.2) is 30.3 Å². The van der Waals surface area contributed by atoms with E-state index >= 15 is 0 Å². The molecule has 2 N–H and O–H groups in total. The molecule has 0 heterocycles. The van der Waals surface area contributed by atoms with E-state index < -0.39 is 6.10 Å². The van der Waals surface area contributed by atoms with Crippen LogP contribution in [0, 0.1) is 0 Å². The van der Waals surface area contributed by atoms with E-state index in [2.05, 4.69) is 5.32 Å². The van der Waals surface area contributed by atoms with E-state index in [9.17, 15) is 5.11 Å². The number of nitrogens with one attached hydrogen (secondary N) is 1. The van der Waals surface area contributed by atoms with Gasteiger partial charge in [0.05, 0.1) is 32.5 Å². The molecule has 5 heteroatoms. The average Bonchev–Trinajstić information content (AvgIpc) is 2.48. The van der Waals surface area contributed by atoms with Crippen LogP contribution < -0.4 is 10.1 Å². The summed E-state index contributed by atoms with van der Waals surface area (Å²) in [6, 6.07) is 9.74. The van der Waals surface area contributed by atoms with Gasteiger partial charge in [-0.3, -0.25) is 0 Å². The second kappa shape index (κ2) is 11.7. The van der Waals surface area contributed by atoms with Gasteiger partial charge in [0.15, 0.2) is 0 Å². The molecule has 1 aromatic carbocycles. The minimum atomic E-state index is -0.484. The summed E-state index contributed by atoms with van der Waals surface area (Å²) < 4.78 is 15.6. The molecule has 0 aliphatic heterocycles. The Morgan fingerprint density at radius 3 is 2.70 bits per heavy atom. The zero-order valence-electron chi connectivity index (χ0n) is 12.1. The molecule has 1 rings (SSSR count). The Balaban J connectivity index is 1.89. The fourth-order valence-corrected chi connectivity index (χ4v) is 1.59. The van der Waals surface area contributed by atoms with Gasteiger partial charge in [-0.15, -0.1) is 0 Å². The predicted octanol–water partition coefficient (Wildman–Crippen LogP) is 1.07. The first-order valence-corrected chi connectivity index (χ1v) is 6.96. The molecular weight excluding hydrogens is 258 g/mol. The van der Waals surface area contributed by atoms with Crippen LogP contribution in [0.1, 0.15) is 6.42 Å². The van der Waals surface area contributed by atoms with E-state index in [0.29, 0.717) is 33.0 Å². The molecular formula is C15H25NO4. The maximum atomic E-state index is 9.62. The van der Waals surface area contributed by atoms with E-state index in [1.54, 1.807) is 7.11 Å². The lowest BCUT2D eigenvalue weighted by Gasteiger charge is -2.12. The van der Waals surface area contributed by atoms with E-state index in [0.717, 1.165) is 18.7 Å². The highest BCUT2D eigenvalue weighted by molar-refractivity contribution is 5.20. The maximum Gasteiger partial charge on any atom is 0.119 e. The number of rotatable bonds is 12. The third-order valence-electron chi connectivity index (χ3n) is 2.63. The van der Waals surface area contributed by atoms with Gasteiger partial charge in [0, 0.05) is 13.7 Å². The Morgan fingerprint density at radius 2 is 1.95 bits per heavy atom. The summed E-state index contributed by atoms with van der Waals surface area (Å²) >= 11 is 0. The first-order valence-electron chi connectivity index (χ1n) is 6.96. The van der Waals surface area contributed by atoms with Crippen molar-refractivity contribution < 1.29 is 19.3 Å². The summed E-state index contributed by atoms with van der Waals surface area (Å²) in [6.45, 7) is 3.39. The van der Waals surface area contributed by atoms with Crippen LogP contribution in [-0.4, -0.2) is 57.8 Å². The Kier molecular flexibility index (Phi) is 9.87. The molecule has 0 fully saturated rings. The molecule has 0 radical (unpaired) electrons. The summed E-state index contributed by atoms with van der Waals surface area (Å²) in [6.07, 6.45) is 0.411. The van der Waals surface area contributed by atoms with Crippen molar-refractivity contribution in [2.45, 2.75) is 12.5 Å². The second-order valence-electron chi connectivity index (χ2n) is 4.44. The summed E-state index contributed by atoms with van der Waals surface area (Å²) in [5.74, 6) is 0.888. The van der Waals surface area contributed by atoms with E-state index in [1.807, 2.05) is 30.3 Å². The lowest BCUT2D eigenvalue weighted by molar-refractivity contribution is 0.0138. The summed E-state index contributed by atoms with van der Waals surface area (Å²) in [4.78, 5) is 0. The number of methoxy groups -OCH3 is 1. The Labute approximate surface area is 120 Å². The quantitative estimate of drug-likeness (QED) is 0.562. The molecule has 0 saturated heterocycles. The van der Waals surface area contributed by atoms with Crippen molar-refractivity contribution in [1.29, 1.82) is 0 Å². The Morgan fingerprint density at radius 1 is 1.15 bits per heavy atom. The van der Waals surface area contributed by atoms with Crippen molar-refractivity contribution in [3.05, 3.63) is 30.3 Å². The molecule has 0 aromatic heterocycles. The van der Waals surface area contributed by atoms with Crippen molar-refractivity contribution in [3.8, 4) is 5.75 Å². The van der Waals surface area contributed by atoms with Crippen LogP contribution in [0.5, 0.6) is 5.75 Å². The van der Waals surface area contributed by atoms with Crippen LogP contribution >= 0.6 is 0 Å². The standard InChI is InChI=1S/C15H25NO4/c1-18-10-11-19-13-14(17)12-16-8-5-9-20-15-6-3-2-4-7-15/h2-4,6-7,14,16-17H,5,8-13H2,1H3. The summed E-state index contributed by atoms with van der Waals surface area (Å²) in [5, 5.41) is 12.8. The predicted molar refractivity (Wildman–Crippen MR) is 78.1 cm³/mol. The topological polar surface area (TPSA) is 60.0 Å². The van der Waals surface area contributed by atoms with Crippen molar-refractivity contribution in [2.24, 2.45) is 0 Å². The fourth-order valence-electron chi connectivity index (χ4n) is 1.59. The molecule has 0 aliphatic rings. The number of aliphatic hydroxyl groups excluding tert-OH is 1. The smallest absolute Gasteiger partial charge is 0.119 e.